The molecule has 1 aromatic rings. The van der Waals surface area contributed by atoms with Crippen LogP contribution in [0, 0.1) is 12.8 Å². The fraction of sp³-hybridized carbons (Fsp3) is 0.455. The zero-order valence-electron chi connectivity index (χ0n) is 8.59. The van der Waals surface area contributed by atoms with Crippen molar-refractivity contribution in [2.24, 2.45) is 5.92 Å². The van der Waals surface area contributed by atoms with Crippen LogP contribution in [-0.2, 0) is 4.79 Å². The Balaban J connectivity index is 2.06. The molecule has 1 aliphatic carbocycles. The molecule has 0 radical (unpaired) electrons. The second kappa shape index (κ2) is 4.31. The molecule has 0 bridgehead atoms. The van der Waals surface area contributed by atoms with Crippen molar-refractivity contribution in [1.29, 1.82) is 0 Å². The minimum Gasteiger partial charge on any atom is -0.324 e. The third-order valence-corrected chi connectivity index (χ3v) is 3.23. The van der Waals surface area contributed by atoms with Gasteiger partial charge in [0.1, 0.15) is 4.60 Å². The first-order valence-corrected chi connectivity index (χ1v) is 5.90. The van der Waals surface area contributed by atoms with Crippen LogP contribution < -0.4 is 5.32 Å². The summed E-state index contributed by atoms with van der Waals surface area (Å²) in [6, 6.07) is 3.71. The van der Waals surface area contributed by atoms with Crippen molar-refractivity contribution in [2.75, 3.05) is 5.32 Å². The molecule has 0 aliphatic heterocycles. The van der Waals surface area contributed by atoms with Gasteiger partial charge in [0.25, 0.3) is 0 Å². The SMILES string of the molecule is Cc1nc(Br)ccc1NC(=O)C1CCC1. The van der Waals surface area contributed by atoms with Crippen molar-refractivity contribution >= 4 is 27.5 Å². The average molecular weight is 269 g/mol. The number of nitrogens with one attached hydrogen (secondary N) is 1. The van der Waals surface area contributed by atoms with Crippen LogP contribution in [0.2, 0.25) is 0 Å². The Kier molecular flexibility index (Phi) is 3.05. The number of hydrogen-bond donors (Lipinski definition) is 1. The zero-order valence-corrected chi connectivity index (χ0v) is 10.2. The van der Waals surface area contributed by atoms with Crippen LogP contribution >= 0.6 is 15.9 Å². The number of pyridine rings is 1. The molecule has 1 heterocycles. The van der Waals surface area contributed by atoms with Gasteiger partial charge in [-0.2, -0.15) is 0 Å². The Bertz CT molecular complexity index is 388. The number of anilines is 1. The maximum absolute atomic E-state index is 11.7. The van der Waals surface area contributed by atoms with Gasteiger partial charge in [-0.05, 0) is 47.8 Å². The number of rotatable bonds is 2. The molecule has 0 aromatic carbocycles. The molecule has 1 aromatic heterocycles. The fourth-order valence-corrected chi connectivity index (χ4v) is 1.97. The Hall–Kier alpha value is -0.900. The molecule has 1 saturated carbocycles. The standard InChI is InChI=1S/C11H13BrN2O/c1-7-9(5-6-10(12)13-7)14-11(15)8-3-2-4-8/h5-6,8H,2-4H2,1H3,(H,14,15). The monoisotopic (exact) mass is 268 g/mol. The fourth-order valence-electron chi connectivity index (χ4n) is 1.57. The van der Waals surface area contributed by atoms with E-state index in [2.05, 4.69) is 26.2 Å². The summed E-state index contributed by atoms with van der Waals surface area (Å²) in [4.78, 5) is 15.9. The smallest absolute Gasteiger partial charge is 0.227 e. The number of carbonyl (C=O) groups excluding carboxylic acids is 1. The molecule has 2 rings (SSSR count). The van der Waals surface area contributed by atoms with Crippen LogP contribution in [-0.4, -0.2) is 10.9 Å². The Morgan fingerprint density at radius 2 is 2.27 bits per heavy atom. The van der Waals surface area contributed by atoms with Gasteiger partial charge < -0.3 is 5.32 Å². The average Bonchev–Trinajstić information content (AvgIpc) is 2.07. The highest BCUT2D eigenvalue weighted by molar-refractivity contribution is 9.10. The summed E-state index contributed by atoms with van der Waals surface area (Å²) in [7, 11) is 0. The summed E-state index contributed by atoms with van der Waals surface area (Å²) >= 11 is 3.29. The molecule has 3 nitrogen and oxygen atoms in total. The Morgan fingerprint density at radius 1 is 1.53 bits per heavy atom. The first kappa shape index (κ1) is 10.6. The Labute approximate surface area is 97.4 Å². The normalized spacial score (nSPS) is 15.9. The molecule has 0 atom stereocenters. The maximum Gasteiger partial charge on any atom is 0.227 e. The molecule has 0 spiro atoms. The summed E-state index contributed by atoms with van der Waals surface area (Å²) in [5, 5.41) is 2.92. The zero-order chi connectivity index (χ0) is 10.8. The first-order valence-electron chi connectivity index (χ1n) is 5.11. The number of hydrogen-bond acceptors (Lipinski definition) is 2. The maximum atomic E-state index is 11.7. The number of amides is 1. The number of nitrogens with zero attached hydrogens (tertiary/aromatic N) is 1. The minimum absolute atomic E-state index is 0.133. The second-order valence-corrected chi connectivity index (χ2v) is 4.70. The van der Waals surface area contributed by atoms with E-state index < -0.39 is 0 Å². The van der Waals surface area contributed by atoms with E-state index >= 15 is 0 Å². The van der Waals surface area contributed by atoms with Crippen molar-refractivity contribution in [1.82, 2.24) is 4.98 Å². The van der Waals surface area contributed by atoms with E-state index in [1.54, 1.807) is 0 Å². The van der Waals surface area contributed by atoms with Gasteiger partial charge in [0.05, 0.1) is 11.4 Å². The highest BCUT2D eigenvalue weighted by Gasteiger charge is 2.25. The lowest BCUT2D eigenvalue weighted by molar-refractivity contribution is -0.122. The molecule has 1 N–H and O–H groups in total. The number of aromatic nitrogens is 1. The molecule has 1 aliphatic rings. The first-order chi connectivity index (χ1) is 7.16. The number of carbonyl (C=O) groups is 1. The van der Waals surface area contributed by atoms with E-state index in [1.807, 2.05) is 19.1 Å². The van der Waals surface area contributed by atoms with Crippen LogP contribution in [0.1, 0.15) is 25.0 Å². The summed E-state index contributed by atoms with van der Waals surface area (Å²) in [6.07, 6.45) is 3.22. The molecule has 0 unspecified atom stereocenters. The van der Waals surface area contributed by atoms with Crippen molar-refractivity contribution in [3.8, 4) is 0 Å². The van der Waals surface area contributed by atoms with Gasteiger partial charge >= 0.3 is 0 Å². The lowest BCUT2D eigenvalue weighted by atomic mass is 9.85. The van der Waals surface area contributed by atoms with Crippen LogP contribution in [0.15, 0.2) is 16.7 Å². The van der Waals surface area contributed by atoms with Crippen molar-refractivity contribution in [2.45, 2.75) is 26.2 Å². The molecule has 15 heavy (non-hydrogen) atoms. The molecule has 4 heteroatoms. The summed E-state index contributed by atoms with van der Waals surface area (Å²) in [6.45, 7) is 1.89. The molecular weight excluding hydrogens is 256 g/mol. The van der Waals surface area contributed by atoms with Crippen LogP contribution in [0.25, 0.3) is 0 Å². The van der Waals surface area contributed by atoms with Crippen LogP contribution in [0.5, 0.6) is 0 Å². The molecule has 1 fully saturated rings. The van der Waals surface area contributed by atoms with Crippen molar-refractivity contribution in [3.63, 3.8) is 0 Å². The second-order valence-electron chi connectivity index (χ2n) is 3.88. The minimum atomic E-state index is 0.133. The molecule has 80 valence electrons. The third-order valence-electron chi connectivity index (χ3n) is 2.79. The van der Waals surface area contributed by atoms with Crippen LogP contribution in [0.4, 0.5) is 5.69 Å². The largest absolute Gasteiger partial charge is 0.324 e. The number of halogens is 1. The summed E-state index contributed by atoms with van der Waals surface area (Å²) in [5.74, 6) is 0.349. The predicted molar refractivity (Wildman–Crippen MR) is 62.6 cm³/mol. The summed E-state index contributed by atoms with van der Waals surface area (Å²) < 4.78 is 0.793. The van der Waals surface area contributed by atoms with Gasteiger partial charge in [0.2, 0.25) is 5.91 Å². The van der Waals surface area contributed by atoms with E-state index in [4.69, 9.17) is 0 Å². The van der Waals surface area contributed by atoms with Crippen molar-refractivity contribution in [3.05, 3.63) is 22.4 Å². The summed E-state index contributed by atoms with van der Waals surface area (Å²) in [5.41, 5.74) is 1.66. The van der Waals surface area contributed by atoms with Crippen LogP contribution in [0.3, 0.4) is 0 Å². The van der Waals surface area contributed by atoms with Gasteiger partial charge in [-0.25, -0.2) is 4.98 Å². The number of aryl methyl sites for hydroxylation is 1. The van der Waals surface area contributed by atoms with E-state index in [0.717, 1.165) is 28.8 Å². The highest BCUT2D eigenvalue weighted by atomic mass is 79.9. The topological polar surface area (TPSA) is 42.0 Å². The highest BCUT2D eigenvalue weighted by Crippen LogP contribution is 2.28. The third kappa shape index (κ3) is 2.37. The van der Waals surface area contributed by atoms with Gasteiger partial charge in [-0.15, -0.1) is 0 Å². The molecular formula is C11H13BrN2O. The molecule has 0 saturated heterocycles. The van der Waals surface area contributed by atoms with Crippen molar-refractivity contribution < 1.29 is 4.79 Å². The van der Waals surface area contributed by atoms with E-state index in [9.17, 15) is 4.79 Å². The van der Waals surface area contributed by atoms with Gasteiger partial charge in [0.15, 0.2) is 0 Å². The molecule has 1 amide bonds. The van der Waals surface area contributed by atoms with E-state index in [-0.39, 0.29) is 11.8 Å². The lowest BCUT2D eigenvalue weighted by Gasteiger charge is -2.24. The predicted octanol–water partition coefficient (Wildman–Crippen LogP) is 2.89. The van der Waals surface area contributed by atoms with E-state index in [0.29, 0.717) is 0 Å². The van der Waals surface area contributed by atoms with Gasteiger partial charge in [0, 0.05) is 5.92 Å². The quantitative estimate of drug-likeness (QED) is 0.839. The van der Waals surface area contributed by atoms with Gasteiger partial charge in [-0.1, -0.05) is 6.42 Å². The van der Waals surface area contributed by atoms with Gasteiger partial charge in [-0.3, -0.25) is 4.79 Å². The lowest BCUT2D eigenvalue weighted by Crippen LogP contribution is -2.28. The Morgan fingerprint density at radius 3 is 2.80 bits per heavy atom. The van der Waals surface area contributed by atoms with E-state index in [1.165, 1.54) is 6.42 Å².